The lowest BCUT2D eigenvalue weighted by atomic mass is 10.1. The molecule has 0 saturated carbocycles. The van der Waals surface area contributed by atoms with Crippen LogP contribution in [0.2, 0.25) is 0 Å². The summed E-state index contributed by atoms with van der Waals surface area (Å²) in [6.07, 6.45) is 3.38. The number of methoxy groups -OCH3 is 1. The first-order valence-corrected chi connectivity index (χ1v) is 8.44. The normalized spacial score (nSPS) is 15.8. The predicted octanol–water partition coefficient (Wildman–Crippen LogP) is 0.898. The van der Waals surface area contributed by atoms with Crippen molar-refractivity contribution in [3.05, 3.63) is 23.8 Å². The maximum absolute atomic E-state index is 12.2. The van der Waals surface area contributed by atoms with Crippen LogP contribution in [-0.4, -0.2) is 39.4 Å². The quantitative estimate of drug-likeness (QED) is 0.894. The molecule has 0 atom stereocenters. The number of rotatable bonds is 4. The van der Waals surface area contributed by atoms with Gasteiger partial charge in [0.25, 0.3) is 0 Å². The van der Waals surface area contributed by atoms with Crippen molar-refractivity contribution in [3.63, 3.8) is 0 Å². The standard InChI is InChI=1S/C14H20N2O4S/c1-20-12-6-5-11(9-13(12)21(15,18)19)10-14(17)16-7-3-2-4-8-16/h5-6,9H,2-4,7-8,10H2,1H3,(H2,15,18,19). The summed E-state index contributed by atoms with van der Waals surface area (Å²) in [5.74, 6) is 0.201. The number of benzene rings is 1. The largest absolute Gasteiger partial charge is 0.495 e. The minimum absolute atomic E-state index is 0.0141. The molecule has 1 amide bonds. The molecular formula is C14H20N2O4S. The number of ether oxygens (including phenoxy) is 1. The van der Waals surface area contributed by atoms with Gasteiger partial charge in [-0.15, -0.1) is 0 Å². The van der Waals surface area contributed by atoms with E-state index in [9.17, 15) is 13.2 Å². The molecule has 1 saturated heterocycles. The number of primary sulfonamides is 1. The highest BCUT2D eigenvalue weighted by atomic mass is 32.2. The maximum atomic E-state index is 12.2. The number of hydrogen-bond acceptors (Lipinski definition) is 4. The Hall–Kier alpha value is -1.60. The van der Waals surface area contributed by atoms with Crippen molar-refractivity contribution >= 4 is 15.9 Å². The third-order valence-corrected chi connectivity index (χ3v) is 4.53. The fourth-order valence-corrected chi connectivity index (χ4v) is 3.23. The molecule has 2 rings (SSSR count). The van der Waals surface area contributed by atoms with Crippen LogP contribution in [0.5, 0.6) is 5.75 Å². The molecule has 1 fully saturated rings. The Morgan fingerprint density at radius 1 is 1.29 bits per heavy atom. The van der Waals surface area contributed by atoms with Crippen LogP contribution in [0.3, 0.4) is 0 Å². The summed E-state index contributed by atoms with van der Waals surface area (Å²) in [6.45, 7) is 1.55. The van der Waals surface area contributed by atoms with E-state index in [4.69, 9.17) is 9.88 Å². The van der Waals surface area contributed by atoms with E-state index in [-0.39, 0.29) is 23.0 Å². The summed E-state index contributed by atoms with van der Waals surface area (Å²) < 4.78 is 28.1. The molecule has 6 nitrogen and oxygen atoms in total. The van der Waals surface area contributed by atoms with Gasteiger partial charge < -0.3 is 9.64 Å². The number of likely N-dealkylation sites (tertiary alicyclic amines) is 1. The Bertz CT molecular complexity index is 622. The lowest BCUT2D eigenvalue weighted by Crippen LogP contribution is -2.36. The molecular weight excluding hydrogens is 292 g/mol. The Labute approximate surface area is 124 Å². The van der Waals surface area contributed by atoms with Crippen molar-refractivity contribution in [1.82, 2.24) is 4.90 Å². The molecule has 0 bridgehead atoms. The number of nitrogens with zero attached hydrogens (tertiary/aromatic N) is 1. The van der Waals surface area contributed by atoms with Crippen molar-refractivity contribution < 1.29 is 17.9 Å². The van der Waals surface area contributed by atoms with E-state index < -0.39 is 10.0 Å². The molecule has 1 aliphatic heterocycles. The second-order valence-electron chi connectivity index (χ2n) is 5.15. The molecule has 7 heteroatoms. The van der Waals surface area contributed by atoms with Crippen LogP contribution < -0.4 is 9.88 Å². The summed E-state index contributed by atoms with van der Waals surface area (Å²) in [7, 11) is -2.50. The number of carbonyl (C=O) groups is 1. The number of nitrogens with two attached hydrogens (primary N) is 1. The van der Waals surface area contributed by atoms with E-state index in [0.29, 0.717) is 5.56 Å². The Morgan fingerprint density at radius 2 is 1.95 bits per heavy atom. The van der Waals surface area contributed by atoms with Crippen molar-refractivity contribution in [3.8, 4) is 5.75 Å². The zero-order valence-electron chi connectivity index (χ0n) is 12.0. The third kappa shape index (κ3) is 3.95. The summed E-state index contributed by atoms with van der Waals surface area (Å²) in [6, 6.07) is 4.63. The van der Waals surface area contributed by atoms with Crippen molar-refractivity contribution in [1.29, 1.82) is 0 Å². The van der Waals surface area contributed by atoms with Crippen molar-refractivity contribution in [2.45, 2.75) is 30.6 Å². The Morgan fingerprint density at radius 3 is 2.52 bits per heavy atom. The summed E-state index contributed by atoms with van der Waals surface area (Å²) in [4.78, 5) is 13.9. The van der Waals surface area contributed by atoms with Crippen LogP contribution in [0, 0.1) is 0 Å². The summed E-state index contributed by atoms with van der Waals surface area (Å²) in [5.41, 5.74) is 0.621. The minimum Gasteiger partial charge on any atom is -0.495 e. The molecule has 1 aromatic rings. The van der Waals surface area contributed by atoms with Crippen LogP contribution in [0.15, 0.2) is 23.1 Å². The molecule has 0 aliphatic carbocycles. The highest BCUT2D eigenvalue weighted by Crippen LogP contribution is 2.24. The van der Waals surface area contributed by atoms with Gasteiger partial charge in [0.2, 0.25) is 15.9 Å². The topological polar surface area (TPSA) is 89.7 Å². The second-order valence-corrected chi connectivity index (χ2v) is 6.68. The fourth-order valence-electron chi connectivity index (χ4n) is 2.48. The van der Waals surface area contributed by atoms with Crippen LogP contribution in [0.25, 0.3) is 0 Å². The van der Waals surface area contributed by atoms with Crippen LogP contribution in [-0.2, 0) is 21.2 Å². The Kier molecular flexibility index (Phi) is 4.84. The molecule has 116 valence electrons. The van der Waals surface area contributed by atoms with Gasteiger partial charge in [0.15, 0.2) is 0 Å². The van der Waals surface area contributed by atoms with Gasteiger partial charge in [-0.3, -0.25) is 4.79 Å². The average Bonchev–Trinajstić information content (AvgIpc) is 2.47. The lowest BCUT2D eigenvalue weighted by molar-refractivity contribution is -0.131. The zero-order chi connectivity index (χ0) is 15.5. The predicted molar refractivity (Wildman–Crippen MR) is 78.5 cm³/mol. The summed E-state index contributed by atoms with van der Waals surface area (Å²) >= 11 is 0. The molecule has 1 aromatic carbocycles. The van der Waals surface area contributed by atoms with Gasteiger partial charge in [0.1, 0.15) is 10.6 Å². The number of amides is 1. The molecule has 21 heavy (non-hydrogen) atoms. The minimum atomic E-state index is -3.88. The second kappa shape index (κ2) is 6.44. The van der Waals surface area contributed by atoms with Crippen molar-refractivity contribution in [2.24, 2.45) is 5.14 Å². The van der Waals surface area contributed by atoms with Gasteiger partial charge >= 0.3 is 0 Å². The van der Waals surface area contributed by atoms with Gasteiger partial charge in [-0.2, -0.15) is 0 Å². The van der Waals surface area contributed by atoms with E-state index in [0.717, 1.165) is 32.4 Å². The molecule has 1 aliphatic rings. The third-order valence-electron chi connectivity index (χ3n) is 3.60. The molecule has 0 spiro atoms. The monoisotopic (exact) mass is 312 g/mol. The van der Waals surface area contributed by atoms with Crippen LogP contribution in [0.1, 0.15) is 24.8 Å². The lowest BCUT2D eigenvalue weighted by Gasteiger charge is -2.26. The first-order valence-electron chi connectivity index (χ1n) is 6.89. The Balaban J connectivity index is 2.19. The van der Waals surface area contributed by atoms with Gasteiger partial charge in [0, 0.05) is 13.1 Å². The molecule has 0 aromatic heterocycles. The molecule has 1 heterocycles. The van der Waals surface area contributed by atoms with Gasteiger partial charge in [-0.05, 0) is 37.0 Å². The number of carbonyl (C=O) groups excluding carboxylic acids is 1. The molecule has 0 unspecified atom stereocenters. The van der Waals surface area contributed by atoms with Crippen LogP contribution in [0.4, 0.5) is 0 Å². The van der Waals surface area contributed by atoms with Gasteiger partial charge in [-0.1, -0.05) is 6.07 Å². The SMILES string of the molecule is COc1ccc(CC(=O)N2CCCCC2)cc1S(N)(=O)=O. The van der Waals surface area contributed by atoms with Gasteiger partial charge in [0.05, 0.1) is 13.5 Å². The maximum Gasteiger partial charge on any atom is 0.241 e. The molecule has 0 radical (unpaired) electrons. The highest BCUT2D eigenvalue weighted by molar-refractivity contribution is 7.89. The zero-order valence-corrected chi connectivity index (χ0v) is 12.9. The van der Waals surface area contributed by atoms with Gasteiger partial charge in [-0.25, -0.2) is 13.6 Å². The van der Waals surface area contributed by atoms with E-state index in [2.05, 4.69) is 0 Å². The number of piperidine rings is 1. The first-order chi connectivity index (χ1) is 9.91. The summed E-state index contributed by atoms with van der Waals surface area (Å²) in [5, 5.41) is 5.17. The van der Waals surface area contributed by atoms with E-state index in [1.165, 1.54) is 19.2 Å². The number of hydrogen-bond donors (Lipinski definition) is 1. The van der Waals surface area contributed by atoms with Crippen molar-refractivity contribution in [2.75, 3.05) is 20.2 Å². The van der Waals surface area contributed by atoms with E-state index in [1.807, 2.05) is 4.90 Å². The molecule has 2 N–H and O–H groups in total. The fraction of sp³-hybridized carbons (Fsp3) is 0.500. The first kappa shape index (κ1) is 15.8. The van der Waals surface area contributed by atoms with Crippen LogP contribution >= 0.6 is 0 Å². The smallest absolute Gasteiger partial charge is 0.241 e. The van der Waals surface area contributed by atoms with E-state index in [1.54, 1.807) is 6.07 Å². The average molecular weight is 312 g/mol. The number of sulfonamides is 1. The van der Waals surface area contributed by atoms with E-state index >= 15 is 0 Å². The highest BCUT2D eigenvalue weighted by Gasteiger charge is 2.19.